The van der Waals surface area contributed by atoms with Gasteiger partial charge in [0.25, 0.3) is 20.2 Å². The van der Waals surface area contributed by atoms with Crippen molar-refractivity contribution in [2.45, 2.75) is 9.79 Å². The Morgan fingerprint density at radius 1 is 0.340 bits per heavy atom. The molecule has 0 saturated heterocycles. The van der Waals surface area contributed by atoms with Crippen molar-refractivity contribution in [2.24, 2.45) is 0 Å². The van der Waals surface area contributed by atoms with Crippen molar-refractivity contribution in [1.82, 2.24) is 0 Å². The monoisotopic (exact) mass is 698 g/mol. The third-order valence-electron chi connectivity index (χ3n) is 7.49. The van der Waals surface area contributed by atoms with Crippen LogP contribution in [-0.4, -0.2) is 25.9 Å². The van der Waals surface area contributed by atoms with E-state index in [-0.39, 0.29) is 5.56 Å². The number of hydrogen-bond acceptors (Lipinski definition) is 4. The summed E-state index contributed by atoms with van der Waals surface area (Å²) in [7, 11) is -9.64. The Kier molecular flexibility index (Phi) is 11.9. The van der Waals surface area contributed by atoms with Gasteiger partial charge in [-0.25, -0.2) is 0 Å². The molecule has 2 N–H and O–H groups in total. The number of rotatable bonds is 9. The second kappa shape index (κ2) is 16.6. The molecular formula is C42H34O6S2. The van der Waals surface area contributed by atoms with E-state index in [4.69, 9.17) is 4.55 Å². The van der Waals surface area contributed by atoms with Gasteiger partial charge in [0.2, 0.25) is 0 Å². The minimum absolute atomic E-state index is 0.0542. The topological polar surface area (TPSA) is 109 Å². The lowest BCUT2D eigenvalue weighted by Crippen LogP contribution is -2.10. The Morgan fingerprint density at radius 2 is 0.680 bits per heavy atom. The van der Waals surface area contributed by atoms with E-state index in [1.54, 1.807) is 36.4 Å². The van der Waals surface area contributed by atoms with Gasteiger partial charge in [0.05, 0.1) is 0 Å². The summed E-state index contributed by atoms with van der Waals surface area (Å²) in [4.78, 5) is -1.73. The maximum absolute atomic E-state index is 11.5. The van der Waals surface area contributed by atoms with E-state index >= 15 is 0 Å². The van der Waals surface area contributed by atoms with Gasteiger partial charge in [0, 0.05) is 0 Å². The lowest BCUT2D eigenvalue weighted by molar-refractivity contribution is 0.466. The van der Waals surface area contributed by atoms with E-state index in [1.165, 1.54) is 51.6 Å². The fourth-order valence-corrected chi connectivity index (χ4v) is 6.97. The SMILES string of the molecule is C(=Cc1ccc(-c2ccc(C=Cc3ccccc3)cc2)cc1)c1ccccc1.O=S(=O)(O)c1cccc(C=Cc2ccccc2)c1S(=O)(=O)O. The van der Waals surface area contributed by atoms with Crippen LogP contribution in [0.3, 0.4) is 0 Å². The lowest BCUT2D eigenvalue weighted by atomic mass is 10.0. The van der Waals surface area contributed by atoms with Gasteiger partial charge < -0.3 is 0 Å². The summed E-state index contributed by atoms with van der Waals surface area (Å²) in [5.74, 6) is 0. The van der Waals surface area contributed by atoms with Crippen molar-refractivity contribution in [3.8, 4) is 11.1 Å². The summed E-state index contributed by atoms with van der Waals surface area (Å²) in [6, 6.07) is 50.5. The molecule has 8 heteroatoms. The molecule has 0 aliphatic heterocycles. The fourth-order valence-electron chi connectivity index (χ4n) is 4.98. The highest BCUT2D eigenvalue weighted by atomic mass is 32.2. The van der Waals surface area contributed by atoms with Crippen LogP contribution >= 0.6 is 0 Å². The largest absolute Gasteiger partial charge is 0.296 e. The van der Waals surface area contributed by atoms with Gasteiger partial charge in [-0.05, 0) is 50.6 Å². The van der Waals surface area contributed by atoms with Crippen LogP contribution in [0, 0.1) is 0 Å². The number of hydrogen-bond donors (Lipinski definition) is 2. The predicted molar refractivity (Wildman–Crippen MR) is 204 cm³/mol. The molecule has 0 bridgehead atoms. The molecule has 0 amide bonds. The molecule has 0 saturated carbocycles. The average Bonchev–Trinajstić information content (AvgIpc) is 3.13. The van der Waals surface area contributed by atoms with Crippen LogP contribution in [0.4, 0.5) is 0 Å². The third-order valence-corrected chi connectivity index (χ3v) is 9.49. The molecule has 0 spiro atoms. The summed E-state index contributed by atoms with van der Waals surface area (Å²) in [6.45, 7) is 0. The standard InChI is InChI=1S/C28H22.C14H12O6S2/c1-3-7-23(8-4-1)11-13-25-15-19-27(20-16-25)28-21-17-26(18-22-28)14-12-24-9-5-2-6-10-24;15-21(16,17)13-8-4-7-12(14(13)22(18,19)20)10-9-11-5-2-1-3-6-11/h1-22H;1-10H,(H,15,16,17)(H,18,19,20). The summed E-state index contributed by atoms with van der Waals surface area (Å²) >= 11 is 0. The minimum atomic E-state index is -4.84. The van der Waals surface area contributed by atoms with Crippen LogP contribution in [0.15, 0.2) is 168 Å². The van der Waals surface area contributed by atoms with Crippen LogP contribution in [0.1, 0.15) is 33.4 Å². The Labute approximate surface area is 293 Å². The molecule has 50 heavy (non-hydrogen) atoms. The van der Waals surface area contributed by atoms with Crippen molar-refractivity contribution in [3.63, 3.8) is 0 Å². The second-order valence-electron chi connectivity index (χ2n) is 11.1. The summed E-state index contributed by atoms with van der Waals surface area (Å²) in [5.41, 5.74) is 8.00. The average molecular weight is 699 g/mol. The Balaban J connectivity index is 0.000000201. The molecule has 0 radical (unpaired) electrons. The molecule has 0 atom stereocenters. The molecule has 6 aromatic rings. The highest BCUT2D eigenvalue weighted by molar-refractivity contribution is 7.89. The van der Waals surface area contributed by atoms with Crippen LogP contribution < -0.4 is 0 Å². The molecule has 0 heterocycles. The summed E-state index contributed by atoms with van der Waals surface area (Å²) < 4.78 is 63.9. The van der Waals surface area contributed by atoms with Crippen molar-refractivity contribution in [2.75, 3.05) is 0 Å². The molecule has 0 aromatic heterocycles. The van der Waals surface area contributed by atoms with Crippen LogP contribution in [0.2, 0.25) is 0 Å². The van der Waals surface area contributed by atoms with Crippen LogP contribution in [0.5, 0.6) is 0 Å². The first-order valence-corrected chi connectivity index (χ1v) is 18.4. The van der Waals surface area contributed by atoms with Gasteiger partial charge in [-0.2, -0.15) is 16.8 Å². The highest BCUT2D eigenvalue weighted by Gasteiger charge is 2.26. The van der Waals surface area contributed by atoms with E-state index in [1.807, 2.05) is 12.1 Å². The van der Waals surface area contributed by atoms with Crippen molar-refractivity contribution in [1.29, 1.82) is 0 Å². The van der Waals surface area contributed by atoms with Gasteiger partial charge in [0.15, 0.2) is 0 Å². The predicted octanol–water partition coefficient (Wildman–Crippen LogP) is 10.0. The molecule has 0 aliphatic rings. The molecule has 6 nitrogen and oxygen atoms in total. The van der Waals surface area contributed by atoms with E-state index in [0.717, 1.165) is 11.6 Å². The maximum Gasteiger partial charge on any atom is 0.296 e. The minimum Gasteiger partial charge on any atom is -0.282 e. The maximum atomic E-state index is 11.5. The normalized spacial score (nSPS) is 11.9. The molecule has 0 fully saturated rings. The first kappa shape index (κ1) is 35.7. The summed E-state index contributed by atoms with van der Waals surface area (Å²) in [5, 5.41) is 0. The first-order valence-electron chi connectivity index (χ1n) is 15.5. The Hall–Kier alpha value is -5.64. The zero-order chi connectivity index (χ0) is 35.4. The van der Waals surface area contributed by atoms with Gasteiger partial charge in [-0.15, -0.1) is 0 Å². The Bertz CT molecular complexity index is 2220. The molecule has 250 valence electrons. The van der Waals surface area contributed by atoms with Crippen LogP contribution in [0.25, 0.3) is 47.6 Å². The van der Waals surface area contributed by atoms with E-state index in [0.29, 0.717) is 0 Å². The zero-order valence-electron chi connectivity index (χ0n) is 26.8. The second-order valence-corrected chi connectivity index (χ2v) is 13.8. The molecule has 6 aromatic carbocycles. The van der Waals surface area contributed by atoms with Crippen LogP contribution in [-0.2, 0) is 20.2 Å². The molecule has 0 aliphatic carbocycles. The van der Waals surface area contributed by atoms with E-state index in [2.05, 4.69) is 121 Å². The molecule has 0 unspecified atom stereocenters. The van der Waals surface area contributed by atoms with Gasteiger partial charge in [-0.3, -0.25) is 9.11 Å². The lowest BCUT2D eigenvalue weighted by Gasteiger charge is -2.07. The first-order chi connectivity index (χ1) is 24.1. The smallest absolute Gasteiger partial charge is 0.282 e. The van der Waals surface area contributed by atoms with E-state index in [9.17, 15) is 21.4 Å². The number of benzene rings is 6. The van der Waals surface area contributed by atoms with Gasteiger partial charge in [-0.1, -0.05) is 188 Å². The van der Waals surface area contributed by atoms with Crippen molar-refractivity contribution in [3.05, 3.63) is 191 Å². The quantitative estimate of drug-likeness (QED) is 0.115. The zero-order valence-corrected chi connectivity index (χ0v) is 28.5. The highest BCUT2D eigenvalue weighted by Crippen LogP contribution is 2.27. The third kappa shape index (κ3) is 10.4. The molecule has 6 rings (SSSR count). The molecular weight excluding hydrogens is 665 g/mol. The van der Waals surface area contributed by atoms with Gasteiger partial charge >= 0.3 is 0 Å². The van der Waals surface area contributed by atoms with E-state index < -0.39 is 30.0 Å². The van der Waals surface area contributed by atoms with Gasteiger partial charge in [0.1, 0.15) is 9.79 Å². The van der Waals surface area contributed by atoms with Crippen molar-refractivity contribution >= 4 is 56.7 Å². The summed E-state index contributed by atoms with van der Waals surface area (Å²) in [6.07, 6.45) is 11.5. The van der Waals surface area contributed by atoms with Crippen molar-refractivity contribution < 1.29 is 25.9 Å². The fraction of sp³-hybridized carbons (Fsp3) is 0. The Morgan fingerprint density at radius 3 is 1.02 bits per heavy atom.